The Kier molecular flexibility index (Phi) is 5.78. The summed E-state index contributed by atoms with van der Waals surface area (Å²) < 4.78 is 0. The Morgan fingerprint density at radius 1 is 1.18 bits per heavy atom. The number of H-pyrrole nitrogens is 1. The Hall–Kier alpha value is -2.57. The van der Waals surface area contributed by atoms with Crippen LogP contribution >= 0.6 is 11.6 Å². The van der Waals surface area contributed by atoms with Crippen LogP contribution < -0.4 is 16.0 Å². The fourth-order valence-corrected chi connectivity index (χ4v) is 4.24. The van der Waals surface area contributed by atoms with Gasteiger partial charge in [0, 0.05) is 5.39 Å². The number of rotatable bonds is 4. The molecule has 0 saturated carbocycles. The molecule has 0 radical (unpaired) electrons. The van der Waals surface area contributed by atoms with Gasteiger partial charge >= 0.3 is 6.03 Å². The molecule has 1 fully saturated rings. The number of carbonyl (C=O) groups is 1. The fourth-order valence-electron chi connectivity index (χ4n) is 3.90. The number of anilines is 1. The average molecular weight is 398 g/mol. The maximum absolute atomic E-state index is 12.9. The summed E-state index contributed by atoms with van der Waals surface area (Å²) in [6.07, 6.45) is 4.57. The smallest absolute Gasteiger partial charge is 0.319 e. The van der Waals surface area contributed by atoms with E-state index in [0.29, 0.717) is 0 Å². The summed E-state index contributed by atoms with van der Waals surface area (Å²) in [5, 5.41) is 17.3. The number of aromatic amines is 1. The highest BCUT2D eigenvalue weighted by atomic mass is 35.5. The first kappa shape index (κ1) is 18.8. The van der Waals surface area contributed by atoms with Gasteiger partial charge in [-0.15, -0.1) is 11.6 Å². The monoisotopic (exact) mass is 397 g/mol. The van der Waals surface area contributed by atoms with E-state index in [9.17, 15) is 4.79 Å². The van der Waals surface area contributed by atoms with E-state index in [4.69, 9.17) is 11.6 Å². The number of carbonyl (C=O) groups excluding carboxylic acids is 1. The van der Waals surface area contributed by atoms with E-state index >= 15 is 0 Å². The molecule has 0 bridgehead atoms. The minimum absolute atomic E-state index is 0.0803. The minimum atomic E-state index is -0.231. The van der Waals surface area contributed by atoms with Gasteiger partial charge in [0.15, 0.2) is 0 Å². The summed E-state index contributed by atoms with van der Waals surface area (Å²) in [4.78, 5) is 12.9. The van der Waals surface area contributed by atoms with Gasteiger partial charge in [-0.3, -0.25) is 5.10 Å². The van der Waals surface area contributed by atoms with Gasteiger partial charge in [0.25, 0.3) is 0 Å². The second kappa shape index (κ2) is 8.63. The zero-order chi connectivity index (χ0) is 19.3. The number of hydrogen-bond acceptors (Lipinski definition) is 3. The normalized spacial score (nSPS) is 21.0. The first-order valence-corrected chi connectivity index (χ1v) is 10.1. The topological polar surface area (TPSA) is 81.8 Å². The van der Waals surface area contributed by atoms with Crippen molar-refractivity contribution in [1.82, 2.24) is 20.8 Å². The van der Waals surface area contributed by atoms with Crippen LogP contribution in [0.1, 0.15) is 30.9 Å². The van der Waals surface area contributed by atoms with E-state index in [1.54, 1.807) is 6.20 Å². The van der Waals surface area contributed by atoms with E-state index in [1.807, 2.05) is 36.4 Å². The molecule has 3 unspecified atom stereocenters. The Bertz CT molecular complexity index is 929. The van der Waals surface area contributed by atoms with Crippen LogP contribution in [-0.4, -0.2) is 28.3 Å². The van der Waals surface area contributed by atoms with Crippen molar-refractivity contribution in [2.45, 2.75) is 30.8 Å². The first-order chi connectivity index (χ1) is 13.7. The van der Waals surface area contributed by atoms with Gasteiger partial charge < -0.3 is 16.0 Å². The summed E-state index contributed by atoms with van der Waals surface area (Å²) in [5.74, 6) is 0.260. The summed E-state index contributed by atoms with van der Waals surface area (Å²) in [7, 11) is 0. The standard InChI is InChI=1S/C21H24ClN5O/c22-19-12-15(8-5-11-23-19)20(14-6-2-1-3-7-14)26-21(28)25-17-9-4-10-18-16(17)13-24-27-18/h1-4,6-7,9-10,13,15,19-20,23H,5,8,11-12H2,(H,24,27)(H2,25,26,28). The number of fused-ring (bicyclic) bond motifs is 1. The van der Waals surface area contributed by atoms with Crippen molar-refractivity contribution in [3.8, 4) is 0 Å². The quantitative estimate of drug-likeness (QED) is 0.389. The van der Waals surface area contributed by atoms with E-state index in [-0.39, 0.29) is 23.5 Å². The molecule has 1 aliphatic heterocycles. The lowest BCUT2D eigenvalue weighted by Gasteiger charge is -2.28. The summed E-state index contributed by atoms with van der Waals surface area (Å²) in [6.45, 7) is 0.904. The van der Waals surface area contributed by atoms with Crippen molar-refractivity contribution in [3.63, 3.8) is 0 Å². The van der Waals surface area contributed by atoms with Crippen LogP contribution in [0, 0.1) is 5.92 Å². The summed E-state index contributed by atoms with van der Waals surface area (Å²) in [5.41, 5.74) is 2.63. The number of halogens is 1. The molecule has 2 aromatic carbocycles. The van der Waals surface area contributed by atoms with Crippen LogP contribution in [0.25, 0.3) is 10.9 Å². The third-order valence-corrected chi connectivity index (χ3v) is 5.61. The van der Waals surface area contributed by atoms with E-state index < -0.39 is 0 Å². The van der Waals surface area contributed by atoms with E-state index in [2.05, 4.69) is 38.3 Å². The van der Waals surface area contributed by atoms with Crippen LogP contribution in [0.15, 0.2) is 54.7 Å². The van der Waals surface area contributed by atoms with Gasteiger partial charge in [-0.2, -0.15) is 5.10 Å². The molecule has 7 heteroatoms. The fraction of sp³-hybridized carbons (Fsp3) is 0.333. The zero-order valence-electron chi connectivity index (χ0n) is 15.5. The Labute approximate surface area is 169 Å². The zero-order valence-corrected chi connectivity index (χ0v) is 16.2. The minimum Gasteiger partial charge on any atom is -0.331 e. The second-order valence-electron chi connectivity index (χ2n) is 7.18. The first-order valence-electron chi connectivity index (χ1n) is 9.63. The van der Waals surface area contributed by atoms with Crippen LogP contribution in [0.5, 0.6) is 0 Å². The third kappa shape index (κ3) is 4.29. The molecule has 2 amide bonds. The van der Waals surface area contributed by atoms with Crippen molar-refractivity contribution in [2.75, 3.05) is 11.9 Å². The molecule has 6 nitrogen and oxygen atoms in total. The van der Waals surface area contributed by atoms with Crippen molar-refractivity contribution in [1.29, 1.82) is 0 Å². The van der Waals surface area contributed by atoms with Crippen LogP contribution in [0.4, 0.5) is 10.5 Å². The van der Waals surface area contributed by atoms with Gasteiger partial charge in [0.2, 0.25) is 0 Å². The molecular weight excluding hydrogens is 374 g/mol. The van der Waals surface area contributed by atoms with Gasteiger partial charge in [0.1, 0.15) is 0 Å². The molecular formula is C21H24ClN5O. The van der Waals surface area contributed by atoms with E-state index in [0.717, 1.165) is 48.0 Å². The SMILES string of the molecule is O=C(Nc1cccc2[nH]ncc12)NC(c1ccccc1)C1CCCNC(Cl)C1. The highest BCUT2D eigenvalue weighted by Crippen LogP contribution is 2.32. The van der Waals surface area contributed by atoms with Gasteiger partial charge in [-0.05, 0) is 49.4 Å². The number of amides is 2. The molecule has 1 aromatic heterocycles. The molecule has 4 N–H and O–H groups in total. The van der Waals surface area contributed by atoms with Crippen molar-refractivity contribution < 1.29 is 4.79 Å². The lowest BCUT2D eigenvalue weighted by Crippen LogP contribution is -2.37. The van der Waals surface area contributed by atoms with Crippen molar-refractivity contribution in [2.24, 2.45) is 5.92 Å². The summed E-state index contributed by atoms with van der Waals surface area (Å²) in [6, 6.07) is 15.5. The van der Waals surface area contributed by atoms with Crippen molar-refractivity contribution in [3.05, 3.63) is 60.3 Å². The second-order valence-corrected chi connectivity index (χ2v) is 7.71. The number of hydrogen-bond donors (Lipinski definition) is 4. The number of urea groups is 1. The number of aromatic nitrogens is 2. The van der Waals surface area contributed by atoms with Crippen LogP contribution in [0.3, 0.4) is 0 Å². The lowest BCUT2D eigenvalue weighted by atomic mass is 9.87. The van der Waals surface area contributed by atoms with Gasteiger partial charge in [0.05, 0.1) is 28.9 Å². The maximum Gasteiger partial charge on any atom is 0.319 e. The molecule has 3 atom stereocenters. The Morgan fingerprint density at radius 3 is 2.89 bits per heavy atom. The molecule has 0 spiro atoms. The maximum atomic E-state index is 12.9. The Morgan fingerprint density at radius 2 is 2.04 bits per heavy atom. The third-order valence-electron chi connectivity index (χ3n) is 5.28. The van der Waals surface area contributed by atoms with Gasteiger partial charge in [-0.1, -0.05) is 36.4 Å². The molecule has 4 rings (SSSR count). The highest BCUT2D eigenvalue weighted by molar-refractivity contribution is 6.20. The number of nitrogens with one attached hydrogen (secondary N) is 4. The molecule has 1 aliphatic rings. The average Bonchev–Trinajstić information content (AvgIpc) is 3.09. The molecule has 1 saturated heterocycles. The van der Waals surface area contributed by atoms with Crippen LogP contribution in [-0.2, 0) is 0 Å². The Balaban J connectivity index is 1.55. The molecule has 28 heavy (non-hydrogen) atoms. The number of nitrogens with zero attached hydrogens (tertiary/aromatic N) is 1. The molecule has 2 heterocycles. The van der Waals surface area contributed by atoms with E-state index in [1.165, 1.54) is 0 Å². The predicted octanol–water partition coefficient (Wildman–Crippen LogP) is 4.38. The molecule has 0 aliphatic carbocycles. The highest BCUT2D eigenvalue weighted by Gasteiger charge is 2.28. The summed E-state index contributed by atoms with van der Waals surface area (Å²) >= 11 is 6.42. The molecule has 146 valence electrons. The lowest BCUT2D eigenvalue weighted by molar-refractivity contribution is 0.239. The number of benzene rings is 2. The predicted molar refractivity (Wildman–Crippen MR) is 112 cm³/mol. The van der Waals surface area contributed by atoms with Crippen molar-refractivity contribution >= 4 is 34.2 Å². The number of alkyl halides is 1. The largest absolute Gasteiger partial charge is 0.331 e. The molecule has 3 aromatic rings. The van der Waals surface area contributed by atoms with Crippen LogP contribution in [0.2, 0.25) is 0 Å². The van der Waals surface area contributed by atoms with Gasteiger partial charge in [-0.25, -0.2) is 4.79 Å².